The Morgan fingerprint density at radius 2 is 2.00 bits per heavy atom. The molecule has 4 atom stereocenters. The zero-order valence-electron chi connectivity index (χ0n) is 21.2. The lowest BCUT2D eigenvalue weighted by Gasteiger charge is -2.32. The Morgan fingerprint density at radius 1 is 1.18 bits per heavy atom. The summed E-state index contributed by atoms with van der Waals surface area (Å²) in [5.41, 5.74) is 1.06. The first kappa shape index (κ1) is 25.6. The van der Waals surface area contributed by atoms with Crippen LogP contribution in [-0.4, -0.2) is 41.0 Å². The molecule has 8 nitrogen and oxygen atoms in total. The van der Waals surface area contributed by atoms with E-state index in [2.05, 4.69) is 5.32 Å². The summed E-state index contributed by atoms with van der Waals surface area (Å²) in [6.07, 6.45) is 1.54. The molecule has 3 aromatic carbocycles. The highest BCUT2D eigenvalue weighted by molar-refractivity contribution is 6.32. The van der Waals surface area contributed by atoms with E-state index in [4.69, 9.17) is 21.1 Å². The van der Waals surface area contributed by atoms with Gasteiger partial charge in [-0.25, -0.2) is 4.39 Å². The van der Waals surface area contributed by atoms with Crippen molar-refractivity contribution in [1.82, 2.24) is 4.90 Å². The number of halogens is 2. The van der Waals surface area contributed by atoms with E-state index >= 15 is 0 Å². The Hall–Kier alpha value is -3.69. The quantitative estimate of drug-likeness (QED) is 0.307. The minimum Gasteiger partial charge on any atom is -0.490 e. The van der Waals surface area contributed by atoms with Gasteiger partial charge in [-0.15, -0.1) is 0 Å². The SMILES string of the molecule is CCOc1cc([C@@H]2[C@@H]3CCCN3[C@]3(C(=O)Nc4ccccc43)[C@@H]2[N+](=O)[O-])cc(Cl)c1OCc1cccc(F)c1. The average Bonchev–Trinajstić information content (AvgIpc) is 3.56. The van der Waals surface area contributed by atoms with E-state index in [-0.39, 0.29) is 40.1 Å². The molecule has 39 heavy (non-hydrogen) atoms. The second kappa shape index (κ2) is 9.81. The van der Waals surface area contributed by atoms with Crippen molar-refractivity contribution in [3.63, 3.8) is 0 Å². The number of nitro groups is 1. The fourth-order valence-electron chi connectivity index (χ4n) is 6.74. The van der Waals surface area contributed by atoms with Gasteiger partial charge >= 0.3 is 0 Å². The summed E-state index contributed by atoms with van der Waals surface area (Å²) >= 11 is 6.74. The molecule has 1 amide bonds. The van der Waals surface area contributed by atoms with Gasteiger partial charge in [-0.1, -0.05) is 41.9 Å². The molecule has 0 aromatic heterocycles. The Bertz CT molecular complexity index is 1470. The van der Waals surface area contributed by atoms with Crippen molar-refractivity contribution < 1.29 is 23.6 Å². The van der Waals surface area contributed by atoms with Crippen molar-refractivity contribution in [2.45, 2.75) is 49.9 Å². The van der Waals surface area contributed by atoms with Crippen LogP contribution in [0.5, 0.6) is 11.5 Å². The molecule has 0 saturated carbocycles. The molecule has 3 aliphatic rings. The minimum atomic E-state index is -1.42. The summed E-state index contributed by atoms with van der Waals surface area (Å²) in [6.45, 7) is 2.77. The maximum Gasteiger partial charge on any atom is 0.256 e. The number of carbonyl (C=O) groups is 1. The van der Waals surface area contributed by atoms with Crippen molar-refractivity contribution in [3.05, 3.63) is 98.3 Å². The number of hydrogen-bond donors (Lipinski definition) is 1. The summed E-state index contributed by atoms with van der Waals surface area (Å²) in [4.78, 5) is 28.2. The topological polar surface area (TPSA) is 93.9 Å². The van der Waals surface area contributed by atoms with Gasteiger partial charge in [-0.2, -0.15) is 0 Å². The molecule has 202 valence electrons. The van der Waals surface area contributed by atoms with Gasteiger partial charge in [0.2, 0.25) is 0 Å². The molecule has 3 aliphatic heterocycles. The molecule has 2 fully saturated rings. The van der Waals surface area contributed by atoms with E-state index in [1.807, 2.05) is 30.0 Å². The fourth-order valence-corrected chi connectivity index (χ4v) is 7.01. The van der Waals surface area contributed by atoms with Gasteiger partial charge < -0.3 is 14.8 Å². The molecule has 3 aromatic rings. The Balaban J connectivity index is 1.44. The second-order valence-electron chi connectivity index (χ2n) is 10.1. The lowest BCUT2D eigenvalue weighted by Crippen LogP contribution is -2.55. The van der Waals surface area contributed by atoms with E-state index < -0.39 is 17.5 Å². The third-order valence-corrected chi connectivity index (χ3v) is 8.36. The van der Waals surface area contributed by atoms with Crippen LogP contribution < -0.4 is 14.8 Å². The highest BCUT2D eigenvalue weighted by Crippen LogP contribution is 2.58. The largest absolute Gasteiger partial charge is 0.490 e. The molecule has 0 aliphatic carbocycles. The van der Waals surface area contributed by atoms with Crippen LogP contribution >= 0.6 is 11.6 Å². The van der Waals surface area contributed by atoms with Crippen LogP contribution in [0.2, 0.25) is 5.02 Å². The molecule has 0 radical (unpaired) electrons. The highest BCUT2D eigenvalue weighted by Gasteiger charge is 2.73. The third kappa shape index (κ3) is 3.94. The van der Waals surface area contributed by atoms with Crippen LogP contribution in [0.4, 0.5) is 10.1 Å². The molecule has 6 rings (SSSR count). The fraction of sp³-hybridized carbons (Fsp3) is 0.345. The Kier molecular flexibility index (Phi) is 6.43. The van der Waals surface area contributed by atoms with Crippen LogP contribution in [-0.2, 0) is 16.9 Å². The zero-order valence-corrected chi connectivity index (χ0v) is 22.0. The van der Waals surface area contributed by atoms with Crippen LogP contribution in [0.15, 0.2) is 60.7 Å². The molecule has 0 bridgehead atoms. The Morgan fingerprint density at radius 3 is 2.77 bits per heavy atom. The predicted octanol–water partition coefficient (Wildman–Crippen LogP) is 5.51. The van der Waals surface area contributed by atoms with Crippen LogP contribution in [0.1, 0.15) is 42.4 Å². The number of nitrogens with one attached hydrogen (secondary N) is 1. The van der Waals surface area contributed by atoms with Gasteiger partial charge in [0.1, 0.15) is 12.4 Å². The van der Waals surface area contributed by atoms with Crippen molar-refractivity contribution in [2.24, 2.45) is 0 Å². The van der Waals surface area contributed by atoms with E-state index in [0.717, 1.165) is 6.42 Å². The van der Waals surface area contributed by atoms with Gasteiger partial charge in [-0.3, -0.25) is 19.8 Å². The number of fused-ring (bicyclic) bond motifs is 4. The van der Waals surface area contributed by atoms with E-state index in [0.29, 0.717) is 47.7 Å². The molecular weight excluding hydrogens is 525 g/mol. The third-order valence-electron chi connectivity index (χ3n) is 8.08. The van der Waals surface area contributed by atoms with E-state index in [1.54, 1.807) is 30.3 Å². The molecule has 10 heteroatoms. The molecular formula is C29H27ClFN3O5. The maximum atomic E-state index is 13.7. The van der Waals surface area contributed by atoms with Gasteiger partial charge in [0.05, 0.1) is 17.5 Å². The number of para-hydroxylation sites is 1. The summed E-state index contributed by atoms with van der Waals surface area (Å²) in [5.74, 6) is -0.731. The molecule has 0 unspecified atom stereocenters. The normalized spacial score (nSPS) is 25.4. The van der Waals surface area contributed by atoms with Gasteiger partial charge in [-0.05, 0) is 61.2 Å². The predicted molar refractivity (Wildman–Crippen MR) is 143 cm³/mol. The van der Waals surface area contributed by atoms with Crippen LogP contribution in [0.25, 0.3) is 0 Å². The average molecular weight is 552 g/mol. The first-order chi connectivity index (χ1) is 18.9. The maximum absolute atomic E-state index is 13.7. The smallest absolute Gasteiger partial charge is 0.256 e. The minimum absolute atomic E-state index is 0.0638. The first-order valence-corrected chi connectivity index (χ1v) is 13.4. The lowest BCUT2D eigenvalue weighted by atomic mass is 9.77. The van der Waals surface area contributed by atoms with Crippen molar-refractivity contribution in [2.75, 3.05) is 18.5 Å². The summed E-state index contributed by atoms with van der Waals surface area (Å²) in [5, 5.41) is 16.0. The first-order valence-electron chi connectivity index (χ1n) is 13.0. The monoisotopic (exact) mass is 551 g/mol. The zero-order chi connectivity index (χ0) is 27.3. The molecule has 2 saturated heterocycles. The van der Waals surface area contributed by atoms with Gasteiger partial charge in [0.15, 0.2) is 17.0 Å². The van der Waals surface area contributed by atoms with Gasteiger partial charge in [0.25, 0.3) is 11.9 Å². The number of ether oxygens (including phenoxy) is 2. The summed E-state index contributed by atoms with van der Waals surface area (Å²) in [6, 6.07) is 15.2. The van der Waals surface area contributed by atoms with Crippen molar-refractivity contribution >= 4 is 23.2 Å². The van der Waals surface area contributed by atoms with Crippen molar-refractivity contribution in [1.29, 1.82) is 0 Å². The molecule has 3 heterocycles. The number of hydrogen-bond acceptors (Lipinski definition) is 6. The Labute approximate surface area is 229 Å². The van der Waals surface area contributed by atoms with Crippen molar-refractivity contribution in [3.8, 4) is 11.5 Å². The van der Waals surface area contributed by atoms with Gasteiger partial charge in [0, 0.05) is 28.8 Å². The van der Waals surface area contributed by atoms with Crippen LogP contribution in [0.3, 0.4) is 0 Å². The number of anilines is 1. The van der Waals surface area contributed by atoms with Crippen LogP contribution in [0, 0.1) is 15.9 Å². The standard InChI is InChI=1S/C29H27ClFN3O5/c1-2-38-24-15-18(14-21(30)26(24)39-16-17-7-5-8-19(31)13-17)25-23-11-6-12-33(23)29(27(25)34(36)37)20-9-3-4-10-22(20)32-28(29)35/h3-5,7-10,13-15,23,25,27H,2,6,11-12,16H2,1H3,(H,32,35)/t23-,25+,27+,29-/m0/s1. The highest BCUT2D eigenvalue weighted by atomic mass is 35.5. The number of benzene rings is 3. The lowest BCUT2D eigenvalue weighted by molar-refractivity contribution is -0.534. The number of carbonyl (C=O) groups excluding carboxylic acids is 1. The second-order valence-corrected chi connectivity index (χ2v) is 10.5. The molecule has 1 spiro atoms. The van der Waals surface area contributed by atoms with E-state index in [9.17, 15) is 19.3 Å². The number of nitrogens with zero attached hydrogens (tertiary/aromatic N) is 2. The number of rotatable bonds is 7. The number of amides is 1. The molecule has 1 N–H and O–H groups in total. The summed E-state index contributed by atoms with van der Waals surface area (Å²) < 4.78 is 25.5. The van der Waals surface area contributed by atoms with E-state index in [1.165, 1.54) is 12.1 Å². The summed E-state index contributed by atoms with van der Waals surface area (Å²) in [7, 11) is 0.